The molecule has 0 bridgehead atoms. The number of aromatic nitrogens is 2. The van der Waals surface area contributed by atoms with Crippen molar-refractivity contribution < 1.29 is 35.4 Å². The van der Waals surface area contributed by atoms with Gasteiger partial charge in [0.2, 0.25) is 0 Å². The Morgan fingerprint density at radius 3 is 2.02 bits per heavy atom. The van der Waals surface area contributed by atoms with Crippen LogP contribution in [-0.2, 0) is 6.42 Å². The average molecular weight is 640 g/mol. The zero-order valence-corrected chi connectivity index (χ0v) is 25.6. The van der Waals surface area contributed by atoms with E-state index in [1.165, 1.54) is 0 Å². The lowest BCUT2D eigenvalue weighted by Crippen LogP contribution is -2.45. The van der Waals surface area contributed by atoms with Crippen LogP contribution >= 0.6 is 11.6 Å². The number of nitrogen functional groups attached to an aromatic ring is 2. The second kappa shape index (κ2) is 19.4. The van der Waals surface area contributed by atoms with E-state index in [9.17, 15) is 35.4 Å². The summed E-state index contributed by atoms with van der Waals surface area (Å²) in [7, 11) is 0. The van der Waals surface area contributed by atoms with Crippen molar-refractivity contribution in [1.29, 1.82) is 5.41 Å². The second-order valence-corrected chi connectivity index (χ2v) is 11.1. The molecular formula is C29H46ClN7O7. The van der Waals surface area contributed by atoms with Gasteiger partial charge in [-0.15, -0.1) is 0 Å². The van der Waals surface area contributed by atoms with Crippen molar-refractivity contribution in [3.8, 4) is 0 Å². The van der Waals surface area contributed by atoms with E-state index in [1.807, 2.05) is 29.2 Å². The third kappa shape index (κ3) is 13.0. The van der Waals surface area contributed by atoms with Gasteiger partial charge in [0.25, 0.3) is 0 Å². The number of unbranched alkanes of at least 4 members (excludes halogenated alkanes) is 2. The number of halogens is 1. The minimum atomic E-state index is -1.01. The maximum atomic E-state index is 12.5. The minimum Gasteiger partial charge on any atom is -0.394 e. The summed E-state index contributed by atoms with van der Waals surface area (Å²) < 4.78 is 0. The molecule has 0 unspecified atom stereocenters. The van der Waals surface area contributed by atoms with E-state index in [2.05, 4.69) is 9.97 Å². The predicted molar refractivity (Wildman–Crippen MR) is 169 cm³/mol. The summed E-state index contributed by atoms with van der Waals surface area (Å²) in [6.07, 6.45) is 0.654. The smallest absolute Gasteiger partial charge is 0.190 e. The molecule has 0 saturated carbocycles. The van der Waals surface area contributed by atoms with E-state index >= 15 is 0 Å². The number of aliphatic hydroxyl groups is 6. The average Bonchev–Trinajstić information content (AvgIpc) is 3.00. The highest BCUT2D eigenvalue weighted by Gasteiger charge is 2.19. The summed E-state index contributed by atoms with van der Waals surface area (Å²) in [6.45, 7) is -0.169. The quantitative estimate of drug-likeness (QED) is 0.0463. The Balaban J connectivity index is 1.86. The third-order valence-electron chi connectivity index (χ3n) is 6.98. The Bertz CT molecular complexity index is 1160. The molecular weight excluding hydrogens is 594 g/mol. The van der Waals surface area contributed by atoms with E-state index in [-0.39, 0.29) is 54.2 Å². The first-order valence-corrected chi connectivity index (χ1v) is 15.0. The van der Waals surface area contributed by atoms with Gasteiger partial charge in [0.15, 0.2) is 28.3 Å². The number of anilines is 3. The molecule has 15 heteroatoms. The van der Waals surface area contributed by atoms with Crippen molar-refractivity contribution in [2.24, 2.45) is 0 Å². The number of nitrogens with two attached hydrogens (primary N) is 2. The van der Waals surface area contributed by atoms with Crippen LogP contribution in [0.1, 0.15) is 48.2 Å². The molecule has 0 radical (unpaired) electrons. The summed E-state index contributed by atoms with van der Waals surface area (Å²) in [5.41, 5.74) is 13.4. The van der Waals surface area contributed by atoms with Crippen molar-refractivity contribution in [2.45, 2.75) is 56.8 Å². The number of carbonyl (C=O) groups excluding carboxylic acids is 1. The second-order valence-electron chi connectivity index (χ2n) is 10.8. The van der Waals surface area contributed by atoms with Crippen molar-refractivity contribution in [1.82, 2.24) is 14.9 Å². The van der Waals surface area contributed by atoms with Crippen LogP contribution in [0.4, 0.5) is 17.3 Å². The molecule has 1 aromatic carbocycles. The third-order valence-corrected chi connectivity index (χ3v) is 7.25. The molecule has 2 rings (SSSR count). The molecule has 11 N–H and O–H groups in total. The normalized spacial score (nSPS) is 13.5. The molecule has 0 saturated heterocycles. The number of aliphatic hydroxyl groups excluding tert-OH is 6. The molecule has 1 heterocycles. The number of hydrogen-bond donors (Lipinski definition) is 9. The lowest BCUT2D eigenvalue weighted by molar-refractivity contribution is 0.0240. The molecule has 0 amide bonds. The van der Waals surface area contributed by atoms with Gasteiger partial charge in [0, 0.05) is 44.1 Å². The molecule has 1 aromatic heterocycles. The first-order valence-electron chi connectivity index (χ1n) is 14.6. The van der Waals surface area contributed by atoms with Crippen LogP contribution in [0.15, 0.2) is 24.3 Å². The largest absolute Gasteiger partial charge is 0.394 e. The molecule has 246 valence electrons. The fourth-order valence-electron chi connectivity index (χ4n) is 4.60. The number of aryl methyl sites for hydroxylation is 1. The molecule has 44 heavy (non-hydrogen) atoms. The van der Waals surface area contributed by atoms with E-state index in [0.29, 0.717) is 19.5 Å². The summed E-state index contributed by atoms with van der Waals surface area (Å²) in [4.78, 5) is 23.8. The first kappa shape index (κ1) is 37.2. The summed E-state index contributed by atoms with van der Waals surface area (Å²) >= 11 is 5.84. The van der Waals surface area contributed by atoms with Crippen LogP contribution in [0.25, 0.3) is 0 Å². The van der Waals surface area contributed by atoms with Crippen LogP contribution < -0.4 is 16.4 Å². The van der Waals surface area contributed by atoms with Crippen molar-refractivity contribution in [2.75, 3.05) is 68.9 Å². The van der Waals surface area contributed by atoms with E-state index in [4.69, 9.17) is 28.5 Å². The number of hydrogen-bond acceptors (Lipinski definition) is 14. The van der Waals surface area contributed by atoms with Gasteiger partial charge >= 0.3 is 0 Å². The van der Waals surface area contributed by atoms with E-state index in [0.717, 1.165) is 36.9 Å². The van der Waals surface area contributed by atoms with Crippen LogP contribution in [0.3, 0.4) is 0 Å². The van der Waals surface area contributed by atoms with E-state index in [1.54, 1.807) is 4.90 Å². The van der Waals surface area contributed by atoms with E-state index < -0.39 is 43.9 Å². The molecule has 0 spiro atoms. The SMILES string of the molecule is N=C(CCCCCc1ccc(N(CCN(C[C@H](O)CO)C[C@H](O)CO)C[C@H](O)CO)cc1)CC(=O)c1nc(Cl)c(N)nc1N. The number of nitrogens with zero attached hydrogens (tertiary/aromatic N) is 4. The maximum absolute atomic E-state index is 12.5. The summed E-state index contributed by atoms with van der Waals surface area (Å²) in [5, 5.41) is 65.8. The number of nitrogens with one attached hydrogen (secondary N) is 1. The number of ketones is 1. The van der Waals surface area contributed by atoms with Crippen LogP contribution in [0, 0.1) is 5.41 Å². The Hall–Kier alpha value is -2.95. The number of carbonyl (C=O) groups is 1. The minimum absolute atomic E-state index is 0.0572. The van der Waals surface area contributed by atoms with Gasteiger partial charge < -0.3 is 52.4 Å². The number of Topliss-reactive ketones (excluding diaryl/α,β-unsaturated/α-hetero) is 1. The Morgan fingerprint density at radius 1 is 0.841 bits per heavy atom. The van der Waals surface area contributed by atoms with Gasteiger partial charge in [-0.3, -0.25) is 9.69 Å². The van der Waals surface area contributed by atoms with Crippen molar-refractivity contribution in [3.63, 3.8) is 0 Å². The van der Waals surface area contributed by atoms with Crippen molar-refractivity contribution >= 4 is 40.4 Å². The Labute approximate surface area is 262 Å². The van der Waals surface area contributed by atoms with Crippen molar-refractivity contribution in [3.05, 3.63) is 40.7 Å². The molecule has 14 nitrogen and oxygen atoms in total. The predicted octanol–water partition coefficient (Wildman–Crippen LogP) is -0.142. The number of benzene rings is 1. The summed E-state index contributed by atoms with van der Waals surface area (Å²) in [5.74, 6) is -0.597. The monoisotopic (exact) mass is 639 g/mol. The highest BCUT2D eigenvalue weighted by molar-refractivity contribution is 6.31. The van der Waals surface area contributed by atoms with Crippen LogP contribution in [-0.4, -0.2) is 128 Å². The Kier molecular flexibility index (Phi) is 16.5. The van der Waals surface area contributed by atoms with Gasteiger partial charge in [0.1, 0.15) is 0 Å². The highest BCUT2D eigenvalue weighted by Crippen LogP contribution is 2.20. The molecule has 0 aliphatic carbocycles. The van der Waals surface area contributed by atoms with Crippen LogP contribution in [0.5, 0.6) is 0 Å². The van der Waals surface area contributed by atoms with Crippen LogP contribution in [0.2, 0.25) is 5.15 Å². The van der Waals surface area contributed by atoms with Gasteiger partial charge in [0.05, 0.1) is 44.6 Å². The highest BCUT2D eigenvalue weighted by atomic mass is 35.5. The van der Waals surface area contributed by atoms with Gasteiger partial charge in [-0.2, -0.15) is 0 Å². The first-order chi connectivity index (χ1) is 21.0. The lowest BCUT2D eigenvalue weighted by Gasteiger charge is -2.32. The maximum Gasteiger partial charge on any atom is 0.190 e. The van der Waals surface area contributed by atoms with Gasteiger partial charge in [-0.05, 0) is 43.4 Å². The molecule has 0 fully saturated rings. The topological polar surface area (TPSA) is 247 Å². The zero-order chi connectivity index (χ0) is 32.6. The lowest BCUT2D eigenvalue weighted by atomic mass is 10.0. The molecule has 0 aliphatic rings. The standard InChI is InChI=1S/C29H46ClN7O7/c30-27-29(33)35-28(32)26(34-27)25(44)12-20(31)5-3-1-2-4-19-6-8-21(9-7-19)37(15-24(43)18-40)11-10-36(13-22(41)16-38)14-23(42)17-39/h6-9,22-24,31,38-43H,1-5,10-18H2,(H4,32,33,35)/t22-,23-,24-/m0/s1. The molecule has 0 aliphatic heterocycles. The zero-order valence-electron chi connectivity index (χ0n) is 24.9. The molecule has 3 atom stereocenters. The fourth-order valence-corrected chi connectivity index (χ4v) is 4.73. The Morgan fingerprint density at radius 2 is 1.43 bits per heavy atom. The molecule has 2 aromatic rings. The summed E-state index contributed by atoms with van der Waals surface area (Å²) in [6, 6.07) is 7.82. The fraction of sp³-hybridized carbons (Fsp3) is 0.586. The van der Waals surface area contributed by atoms with Gasteiger partial charge in [-0.1, -0.05) is 30.2 Å². The van der Waals surface area contributed by atoms with Gasteiger partial charge in [-0.25, -0.2) is 9.97 Å². The number of rotatable bonds is 22.